The summed E-state index contributed by atoms with van der Waals surface area (Å²) in [5.74, 6) is 4.86. The number of hydrogen-bond donors (Lipinski definition) is 1. The molecule has 0 radical (unpaired) electrons. The molecule has 0 aromatic carbocycles. The van der Waals surface area contributed by atoms with Crippen LogP contribution in [-0.2, 0) is 11.2 Å². The van der Waals surface area contributed by atoms with Gasteiger partial charge in [-0.3, -0.25) is 0 Å². The molecule has 2 heterocycles. The smallest absolute Gasteiger partial charge is 0.229 e. The highest BCUT2D eigenvalue weighted by Crippen LogP contribution is 2.35. The lowest BCUT2D eigenvalue weighted by Gasteiger charge is -2.17. The molecule has 0 spiro atoms. The van der Waals surface area contributed by atoms with Crippen LogP contribution in [0.4, 0.5) is 0 Å². The van der Waals surface area contributed by atoms with Crippen molar-refractivity contribution in [1.29, 1.82) is 0 Å². The van der Waals surface area contributed by atoms with Gasteiger partial charge in [0.1, 0.15) is 0 Å². The maximum Gasteiger partial charge on any atom is 0.229 e. The largest absolute Gasteiger partial charge is 0.380 e. The third-order valence-electron chi connectivity index (χ3n) is 2.59. The SMILES string of the molecule is COC(CN)Cc1nc(C2CSCCS2)no1. The first kappa shape index (κ1) is 13.2. The van der Waals surface area contributed by atoms with Gasteiger partial charge >= 0.3 is 0 Å². The second-order valence-electron chi connectivity index (χ2n) is 3.78. The van der Waals surface area contributed by atoms with Crippen LogP contribution in [0.1, 0.15) is 17.0 Å². The molecular formula is C10H17N3O2S2. The molecule has 1 aromatic rings. The molecule has 2 N–H and O–H groups in total. The van der Waals surface area contributed by atoms with E-state index in [4.69, 9.17) is 15.0 Å². The van der Waals surface area contributed by atoms with Crippen LogP contribution in [0.25, 0.3) is 0 Å². The predicted molar refractivity (Wildman–Crippen MR) is 70.4 cm³/mol. The zero-order chi connectivity index (χ0) is 12.1. The third kappa shape index (κ3) is 3.61. The third-order valence-corrected chi connectivity index (χ3v) is 5.34. The Kier molecular flexibility index (Phi) is 5.15. The van der Waals surface area contributed by atoms with E-state index in [0.29, 0.717) is 24.1 Å². The minimum Gasteiger partial charge on any atom is -0.380 e. The van der Waals surface area contributed by atoms with Gasteiger partial charge in [-0.1, -0.05) is 5.16 Å². The zero-order valence-corrected chi connectivity index (χ0v) is 11.4. The highest BCUT2D eigenvalue weighted by Gasteiger charge is 2.22. The molecule has 1 aliphatic heterocycles. The summed E-state index contributed by atoms with van der Waals surface area (Å²) in [5.41, 5.74) is 5.56. The maximum absolute atomic E-state index is 5.56. The van der Waals surface area contributed by atoms with Crippen molar-refractivity contribution >= 4 is 23.5 Å². The van der Waals surface area contributed by atoms with Crippen LogP contribution in [-0.4, -0.2) is 47.2 Å². The number of hydrogen-bond acceptors (Lipinski definition) is 7. The van der Waals surface area contributed by atoms with Crippen molar-refractivity contribution in [2.45, 2.75) is 17.8 Å². The first-order valence-electron chi connectivity index (χ1n) is 5.58. The summed E-state index contributed by atoms with van der Waals surface area (Å²) in [4.78, 5) is 4.42. The van der Waals surface area contributed by atoms with Crippen LogP contribution in [0.3, 0.4) is 0 Å². The summed E-state index contributed by atoms with van der Waals surface area (Å²) >= 11 is 3.84. The second-order valence-corrected chi connectivity index (χ2v) is 6.24. The van der Waals surface area contributed by atoms with Gasteiger partial charge in [-0.15, -0.1) is 11.8 Å². The fourth-order valence-corrected chi connectivity index (χ4v) is 4.17. The number of nitrogens with zero attached hydrogens (tertiary/aromatic N) is 2. The fraction of sp³-hybridized carbons (Fsp3) is 0.800. The van der Waals surface area contributed by atoms with Crippen LogP contribution in [0, 0.1) is 0 Å². The highest BCUT2D eigenvalue weighted by atomic mass is 32.2. The summed E-state index contributed by atoms with van der Waals surface area (Å²) in [5, 5.41) is 4.41. The van der Waals surface area contributed by atoms with E-state index in [0.717, 1.165) is 17.3 Å². The van der Waals surface area contributed by atoms with Gasteiger partial charge in [0.15, 0.2) is 5.82 Å². The van der Waals surface area contributed by atoms with Gasteiger partial charge in [0.2, 0.25) is 5.89 Å². The van der Waals surface area contributed by atoms with E-state index < -0.39 is 0 Å². The summed E-state index contributed by atoms with van der Waals surface area (Å²) in [6.07, 6.45) is 0.543. The van der Waals surface area contributed by atoms with E-state index in [1.54, 1.807) is 7.11 Å². The van der Waals surface area contributed by atoms with Crippen molar-refractivity contribution in [2.24, 2.45) is 5.73 Å². The molecule has 5 nitrogen and oxygen atoms in total. The number of ether oxygens (including phenoxy) is 1. The number of nitrogens with two attached hydrogens (primary N) is 1. The molecule has 0 amide bonds. The lowest BCUT2D eigenvalue weighted by molar-refractivity contribution is 0.102. The molecule has 0 bridgehead atoms. The summed E-state index contributed by atoms with van der Waals surface area (Å²) in [7, 11) is 1.64. The van der Waals surface area contributed by atoms with Crippen LogP contribution >= 0.6 is 23.5 Å². The van der Waals surface area contributed by atoms with Crippen molar-refractivity contribution in [3.63, 3.8) is 0 Å². The number of aromatic nitrogens is 2. The molecule has 17 heavy (non-hydrogen) atoms. The quantitative estimate of drug-likeness (QED) is 0.862. The Morgan fingerprint density at radius 3 is 3.12 bits per heavy atom. The first-order chi connectivity index (χ1) is 8.33. The van der Waals surface area contributed by atoms with Gasteiger partial charge in [0.05, 0.1) is 17.8 Å². The average molecular weight is 275 g/mol. The van der Waals surface area contributed by atoms with E-state index in [1.807, 2.05) is 23.5 Å². The van der Waals surface area contributed by atoms with Crippen LogP contribution in [0.15, 0.2) is 4.52 Å². The molecule has 96 valence electrons. The Morgan fingerprint density at radius 2 is 2.47 bits per heavy atom. The van der Waals surface area contributed by atoms with Crippen molar-refractivity contribution in [3.8, 4) is 0 Å². The molecular weight excluding hydrogens is 258 g/mol. The predicted octanol–water partition coefficient (Wildman–Crippen LogP) is 1.11. The maximum atomic E-state index is 5.56. The van der Waals surface area contributed by atoms with Gasteiger partial charge in [-0.2, -0.15) is 16.7 Å². The van der Waals surface area contributed by atoms with E-state index in [1.165, 1.54) is 5.75 Å². The monoisotopic (exact) mass is 275 g/mol. The summed E-state index contributed by atoms with van der Waals surface area (Å²) in [6, 6.07) is 0. The molecule has 1 aromatic heterocycles. The van der Waals surface area contributed by atoms with E-state index >= 15 is 0 Å². The average Bonchev–Trinajstić information content (AvgIpc) is 2.85. The second kappa shape index (κ2) is 6.63. The van der Waals surface area contributed by atoms with Gasteiger partial charge < -0.3 is 15.0 Å². The lowest BCUT2D eigenvalue weighted by atomic mass is 10.2. The Hall–Kier alpha value is -0.240. The molecule has 2 atom stereocenters. The van der Waals surface area contributed by atoms with Gasteiger partial charge in [-0.25, -0.2) is 0 Å². The summed E-state index contributed by atoms with van der Waals surface area (Å²) < 4.78 is 10.4. The van der Waals surface area contributed by atoms with Crippen LogP contribution < -0.4 is 5.73 Å². The van der Waals surface area contributed by atoms with Gasteiger partial charge in [0, 0.05) is 30.9 Å². The van der Waals surface area contributed by atoms with Crippen LogP contribution in [0.2, 0.25) is 0 Å². The molecule has 1 aliphatic rings. The molecule has 7 heteroatoms. The van der Waals surface area contributed by atoms with Crippen molar-refractivity contribution in [1.82, 2.24) is 10.1 Å². The topological polar surface area (TPSA) is 74.2 Å². The molecule has 2 rings (SSSR count). The summed E-state index contributed by atoms with van der Waals surface area (Å²) in [6.45, 7) is 0.461. The van der Waals surface area contributed by atoms with Crippen molar-refractivity contribution in [2.75, 3.05) is 30.9 Å². The zero-order valence-electron chi connectivity index (χ0n) is 9.80. The Balaban J connectivity index is 1.94. The normalized spacial score (nSPS) is 22.6. The number of rotatable bonds is 5. The number of methoxy groups -OCH3 is 1. The number of thioether (sulfide) groups is 2. The molecule has 0 saturated carbocycles. The fourth-order valence-electron chi connectivity index (χ4n) is 1.58. The standard InChI is InChI=1S/C10H17N3O2S2/c1-14-7(5-11)4-9-12-10(13-15-9)8-6-16-2-3-17-8/h7-8H,2-6,11H2,1H3. The Morgan fingerprint density at radius 1 is 1.59 bits per heavy atom. The molecule has 2 unspecified atom stereocenters. The molecule has 0 aliphatic carbocycles. The highest BCUT2D eigenvalue weighted by molar-refractivity contribution is 8.06. The lowest BCUT2D eigenvalue weighted by Crippen LogP contribution is -2.24. The minimum atomic E-state index is -0.0447. The van der Waals surface area contributed by atoms with Crippen molar-refractivity contribution in [3.05, 3.63) is 11.7 Å². The Bertz CT molecular complexity index is 338. The van der Waals surface area contributed by atoms with Crippen molar-refractivity contribution < 1.29 is 9.26 Å². The minimum absolute atomic E-state index is 0.0447. The van der Waals surface area contributed by atoms with Gasteiger partial charge in [-0.05, 0) is 0 Å². The van der Waals surface area contributed by atoms with E-state index in [2.05, 4.69) is 10.1 Å². The van der Waals surface area contributed by atoms with E-state index in [-0.39, 0.29) is 6.10 Å². The van der Waals surface area contributed by atoms with E-state index in [9.17, 15) is 0 Å². The van der Waals surface area contributed by atoms with Gasteiger partial charge in [0.25, 0.3) is 0 Å². The molecule has 1 saturated heterocycles. The molecule has 1 fully saturated rings. The van der Waals surface area contributed by atoms with Crippen LogP contribution in [0.5, 0.6) is 0 Å². The Labute approximate surface area is 109 Å². The first-order valence-corrected chi connectivity index (χ1v) is 7.78.